The molecule has 0 N–H and O–H groups in total. The second kappa shape index (κ2) is 12.1. The summed E-state index contributed by atoms with van der Waals surface area (Å²) in [6, 6.07) is 76.4. The quantitative estimate of drug-likeness (QED) is 0.160. The molecule has 11 aromatic rings. The van der Waals surface area contributed by atoms with Crippen molar-refractivity contribution in [2.75, 3.05) is 0 Å². The molecule has 1 heteroatoms. The summed E-state index contributed by atoms with van der Waals surface area (Å²) in [6.45, 7) is 0. The molecule has 0 saturated heterocycles. The Hall–Kier alpha value is -7.22. The van der Waals surface area contributed by atoms with Crippen molar-refractivity contribution in [1.82, 2.24) is 4.57 Å². The van der Waals surface area contributed by atoms with Crippen LogP contribution in [0.25, 0.3) is 93.2 Å². The third kappa shape index (κ3) is 4.55. The molecule has 1 nitrogen and oxygen atoms in total. The maximum Gasteiger partial charge on any atom is 0.0626 e. The predicted molar refractivity (Wildman–Crippen MR) is 237 cm³/mol. The summed E-state index contributed by atoms with van der Waals surface area (Å²) in [7, 11) is 0. The van der Waals surface area contributed by atoms with Crippen molar-refractivity contribution in [3.8, 4) is 39.1 Å². The lowest BCUT2D eigenvalue weighted by molar-refractivity contribution is 1.02. The standard InChI is InChI=1S/C55H35N/c1-3-13-35(14-4-1)36-23-25-38(26-24-36)52-46-21-11-9-19-43(46)45-30-28-39(33-49(45)52)40-29-32-51-50(34-40)54-53-42-18-8-7-15-37(42)27-31-47(53)44-20-10-12-22-48(44)55(54)56(51)41-16-5-2-6-17-41/h1-34,52H. The monoisotopic (exact) mass is 709 g/mol. The molecule has 1 unspecified atom stereocenters. The second-order valence-corrected chi connectivity index (χ2v) is 15.2. The SMILES string of the molecule is c1ccc(-c2ccc(C3c4ccccc4-c4ccc(-c5ccc6c(c5)c5c7c8ccccc8ccc7c7ccccc7c5n6-c5ccccc5)cc43)cc2)cc1. The Morgan fingerprint density at radius 2 is 0.964 bits per heavy atom. The molecule has 0 spiro atoms. The van der Waals surface area contributed by atoms with E-state index in [1.165, 1.54) is 110 Å². The molecule has 1 atom stereocenters. The maximum atomic E-state index is 2.49. The molecule has 1 aliphatic rings. The highest BCUT2D eigenvalue weighted by Crippen LogP contribution is 2.50. The third-order valence-corrected chi connectivity index (χ3v) is 12.2. The smallest absolute Gasteiger partial charge is 0.0626 e. The van der Waals surface area contributed by atoms with E-state index in [1.807, 2.05) is 0 Å². The van der Waals surface area contributed by atoms with Gasteiger partial charge in [-0.05, 0) is 102 Å². The molecule has 0 bridgehead atoms. The van der Waals surface area contributed by atoms with Crippen LogP contribution in [-0.2, 0) is 0 Å². The van der Waals surface area contributed by atoms with Gasteiger partial charge in [0.15, 0.2) is 0 Å². The van der Waals surface area contributed by atoms with Gasteiger partial charge in [0.1, 0.15) is 0 Å². The topological polar surface area (TPSA) is 4.93 Å². The van der Waals surface area contributed by atoms with Crippen molar-refractivity contribution in [2.24, 2.45) is 0 Å². The molecule has 1 aromatic heterocycles. The van der Waals surface area contributed by atoms with Gasteiger partial charge in [-0.2, -0.15) is 0 Å². The van der Waals surface area contributed by atoms with Crippen molar-refractivity contribution in [3.63, 3.8) is 0 Å². The Bertz CT molecular complexity index is 3330. The number of nitrogens with zero attached hydrogens (tertiary/aromatic N) is 1. The summed E-state index contributed by atoms with van der Waals surface area (Å²) in [5.41, 5.74) is 15.3. The lowest BCUT2D eigenvalue weighted by Gasteiger charge is -2.16. The fourth-order valence-electron chi connectivity index (χ4n) is 9.76. The Morgan fingerprint density at radius 3 is 1.80 bits per heavy atom. The summed E-state index contributed by atoms with van der Waals surface area (Å²) in [5, 5.41) is 10.3. The average molecular weight is 710 g/mol. The number of para-hydroxylation sites is 1. The van der Waals surface area contributed by atoms with Gasteiger partial charge in [-0.15, -0.1) is 0 Å². The molecular weight excluding hydrogens is 675 g/mol. The number of aromatic nitrogens is 1. The van der Waals surface area contributed by atoms with Gasteiger partial charge < -0.3 is 4.57 Å². The van der Waals surface area contributed by atoms with Crippen molar-refractivity contribution in [3.05, 3.63) is 223 Å². The molecular formula is C55H35N. The first-order chi connectivity index (χ1) is 27.8. The van der Waals surface area contributed by atoms with Gasteiger partial charge >= 0.3 is 0 Å². The van der Waals surface area contributed by atoms with E-state index in [-0.39, 0.29) is 5.92 Å². The highest BCUT2D eigenvalue weighted by Gasteiger charge is 2.30. The Balaban J connectivity index is 1.11. The summed E-state index contributed by atoms with van der Waals surface area (Å²) < 4.78 is 2.49. The lowest BCUT2D eigenvalue weighted by Crippen LogP contribution is -1.99. The van der Waals surface area contributed by atoms with Gasteiger partial charge in [-0.3, -0.25) is 0 Å². The fraction of sp³-hybridized carbons (Fsp3) is 0.0182. The first-order valence-electron chi connectivity index (χ1n) is 19.5. The molecule has 260 valence electrons. The number of benzene rings is 10. The highest BCUT2D eigenvalue weighted by atomic mass is 15.0. The van der Waals surface area contributed by atoms with Crippen LogP contribution < -0.4 is 0 Å². The Kier molecular flexibility index (Phi) is 6.76. The zero-order valence-electron chi connectivity index (χ0n) is 30.7. The molecule has 0 amide bonds. The molecule has 0 fully saturated rings. The number of hydrogen-bond donors (Lipinski definition) is 0. The predicted octanol–water partition coefficient (Wildman–Crippen LogP) is 14.7. The van der Waals surface area contributed by atoms with Gasteiger partial charge in [-0.1, -0.05) is 176 Å². The number of rotatable bonds is 4. The summed E-state index contributed by atoms with van der Waals surface area (Å²) in [4.78, 5) is 0. The van der Waals surface area contributed by atoms with Crippen LogP contribution in [0.1, 0.15) is 22.6 Å². The molecule has 56 heavy (non-hydrogen) atoms. The van der Waals surface area contributed by atoms with Crippen LogP contribution in [0.15, 0.2) is 206 Å². The van der Waals surface area contributed by atoms with Crippen molar-refractivity contribution in [2.45, 2.75) is 5.92 Å². The van der Waals surface area contributed by atoms with Crippen molar-refractivity contribution < 1.29 is 0 Å². The Labute approximate surface area is 325 Å². The van der Waals surface area contributed by atoms with E-state index < -0.39 is 0 Å². The van der Waals surface area contributed by atoms with Crippen LogP contribution in [0.5, 0.6) is 0 Å². The highest BCUT2D eigenvalue weighted by molar-refractivity contribution is 6.37. The maximum absolute atomic E-state index is 2.49. The molecule has 12 rings (SSSR count). The van der Waals surface area contributed by atoms with Gasteiger partial charge in [0.05, 0.1) is 11.0 Å². The van der Waals surface area contributed by atoms with Gasteiger partial charge in [0, 0.05) is 33.2 Å². The van der Waals surface area contributed by atoms with E-state index in [0.29, 0.717) is 0 Å². The van der Waals surface area contributed by atoms with Gasteiger partial charge in [0.2, 0.25) is 0 Å². The van der Waals surface area contributed by atoms with Crippen LogP contribution in [0.3, 0.4) is 0 Å². The van der Waals surface area contributed by atoms with Crippen LogP contribution in [-0.4, -0.2) is 4.57 Å². The molecule has 0 radical (unpaired) electrons. The van der Waals surface area contributed by atoms with E-state index in [1.54, 1.807) is 0 Å². The van der Waals surface area contributed by atoms with Gasteiger partial charge in [0.25, 0.3) is 0 Å². The first kappa shape index (κ1) is 31.2. The largest absolute Gasteiger partial charge is 0.309 e. The molecule has 10 aromatic carbocycles. The van der Waals surface area contributed by atoms with E-state index >= 15 is 0 Å². The zero-order chi connectivity index (χ0) is 36.7. The van der Waals surface area contributed by atoms with Gasteiger partial charge in [-0.25, -0.2) is 0 Å². The lowest BCUT2D eigenvalue weighted by atomic mass is 9.87. The number of fused-ring (bicyclic) bond motifs is 13. The van der Waals surface area contributed by atoms with Crippen LogP contribution in [0.4, 0.5) is 0 Å². The third-order valence-electron chi connectivity index (χ3n) is 12.2. The van der Waals surface area contributed by atoms with Crippen LogP contribution in [0, 0.1) is 0 Å². The summed E-state index contributed by atoms with van der Waals surface area (Å²) >= 11 is 0. The normalized spacial score (nSPS) is 13.5. The molecule has 1 heterocycles. The minimum absolute atomic E-state index is 0.163. The molecule has 1 aliphatic carbocycles. The molecule has 0 saturated carbocycles. The van der Waals surface area contributed by atoms with E-state index in [9.17, 15) is 0 Å². The molecule has 0 aliphatic heterocycles. The Morgan fingerprint density at radius 1 is 0.339 bits per heavy atom. The van der Waals surface area contributed by atoms with Crippen LogP contribution >= 0.6 is 0 Å². The van der Waals surface area contributed by atoms with E-state index in [2.05, 4.69) is 211 Å². The van der Waals surface area contributed by atoms with E-state index in [0.717, 1.165) is 0 Å². The summed E-state index contributed by atoms with van der Waals surface area (Å²) in [5.74, 6) is 0.163. The van der Waals surface area contributed by atoms with E-state index in [4.69, 9.17) is 0 Å². The average Bonchev–Trinajstić information content (AvgIpc) is 3.79. The second-order valence-electron chi connectivity index (χ2n) is 15.2. The van der Waals surface area contributed by atoms with Crippen LogP contribution in [0.2, 0.25) is 0 Å². The fourth-order valence-corrected chi connectivity index (χ4v) is 9.76. The number of hydrogen-bond acceptors (Lipinski definition) is 0. The zero-order valence-corrected chi connectivity index (χ0v) is 30.7. The van der Waals surface area contributed by atoms with Crippen molar-refractivity contribution >= 4 is 54.1 Å². The van der Waals surface area contributed by atoms with Crippen molar-refractivity contribution in [1.29, 1.82) is 0 Å². The summed E-state index contributed by atoms with van der Waals surface area (Å²) in [6.07, 6.45) is 0. The minimum Gasteiger partial charge on any atom is -0.309 e. The minimum atomic E-state index is 0.163. The first-order valence-corrected chi connectivity index (χ1v) is 19.5.